The third-order valence-electron chi connectivity index (χ3n) is 6.59. The molecule has 2 bridgehead atoms. The number of Topliss-reactive ketones (excluding diaryl/α,β-unsaturated/α-hetero) is 1. The smallest absolute Gasteiger partial charge is 0.282 e. The molecule has 0 amide bonds. The zero-order valence-electron chi connectivity index (χ0n) is 14.7. The summed E-state index contributed by atoms with van der Waals surface area (Å²) in [6.45, 7) is 1.05. The number of ether oxygens (including phenoxy) is 2. The molecule has 2 heterocycles. The van der Waals surface area contributed by atoms with Gasteiger partial charge in [-0.15, -0.1) is 0 Å². The molecule has 142 valence electrons. The lowest BCUT2D eigenvalue weighted by Crippen LogP contribution is -2.65. The monoisotopic (exact) mass is 383 g/mol. The maximum Gasteiger partial charge on any atom is 0.282 e. The van der Waals surface area contributed by atoms with Crippen LogP contribution in [-0.2, 0) is 16.6 Å². The van der Waals surface area contributed by atoms with E-state index in [1.807, 2.05) is 6.07 Å². The Morgan fingerprint density at radius 2 is 2.15 bits per heavy atom. The van der Waals surface area contributed by atoms with Gasteiger partial charge in [-0.1, -0.05) is 6.07 Å². The molecule has 1 saturated carbocycles. The Hall–Kier alpha value is -1.38. The molecule has 7 nitrogen and oxygen atoms in total. The first-order chi connectivity index (χ1) is 12.4. The van der Waals surface area contributed by atoms with Gasteiger partial charge in [0.25, 0.3) is 10.8 Å². The van der Waals surface area contributed by atoms with Gasteiger partial charge in [-0.2, -0.15) is 0 Å². The fourth-order valence-electron chi connectivity index (χ4n) is 5.67. The lowest BCUT2D eigenvalue weighted by atomic mass is 9.52. The molecule has 1 aromatic rings. The SMILES string of the molecule is COc1ccc2c3c1O[C@H]1C(=O)CC[C@H]4[C@@H](C2)N(C)CC[C@]314.[O-][Cl+2]([O-])O. The number of methoxy groups -OCH3 is 1. The van der Waals surface area contributed by atoms with Crippen molar-refractivity contribution in [2.75, 3.05) is 20.7 Å². The summed E-state index contributed by atoms with van der Waals surface area (Å²) in [5, 5.41) is 0. The lowest BCUT2D eigenvalue weighted by Gasteiger charge is -2.57. The summed E-state index contributed by atoms with van der Waals surface area (Å²) in [5.41, 5.74) is 2.57. The maximum atomic E-state index is 12.6. The third kappa shape index (κ3) is 2.38. The summed E-state index contributed by atoms with van der Waals surface area (Å²) in [7, 11) is 1.31. The molecule has 26 heavy (non-hydrogen) atoms. The van der Waals surface area contributed by atoms with Crippen LogP contribution < -0.4 is 18.8 Å². The van der Waals surface area contributed by atoms with Crippen LogP contribution in [0.25, 0.3) is 0 Å². The van der Waals surface area contributed by atoms with E-state index in [-0.39, 0.29) is 17.3 Å². The predicted octanol–water partition coefficient (Wildman–Crippen LogP) is -1.00. The van der Waals surface area contributed by atoms with Gasteiger partial charge in [0.05, 0.1) is 7.11 Å². The first-order valence-electron chi connectivity index (χ1n) is 8.74. The normalized spacial score (nSPS) is 33.9. The summed E-state index contributed by atoms with van der Waals surface area (Å²) in [4.78, 5) is 15.1. The summed E-state index contributed by atoms with van der Waals surface area (Å²) < 4.78 is 35.7. The molecule has 0 radical (unpaired) electrons. The van der Waals surface area contributed by atoms with E-state index in [0.717, 1.165) is 37.3 Å². The van der Waals surface area contributed by atoms with Crippen LogP contribution in [0.2, 0.25) is 0 Å². The van der Waals surface area contributed by atoms with Crippen molar-refractivity contribution >= 4 is 5.78 Å². The number of likely N-dealkylation sites (N-methyl/N-ethyl adjacent to an activating group) is 1. The van der Waals surface area contributed by atoms with Gasteiger partial charge in [0.2, 0.25) is 0 Å². The van der Waals surface area contributed by atoms with Crippen molar-refractivity contribution in [1.82, 2.24) is 4.90 Å². The molecule has 4 aliphatic rings. The number of carbonyl (C=O) groups is 1. The molecule has 1 aromatic carbocycles. The van der Waals surface area contributed by atoms with E-state index in [9.17, 15) is 4.79 Å². The fraction of sp³-hybridized carbons (Fsp3) is 0.611. The third-order valence-corrected chi connectivity index (χ3v) is 6.59. The van der Waals surface area contributed by atoms with Crippen LogP contribution >= 0.6 is 0 Å². The van der Waals surface area contributed by atoms with Crippen molar-refractivity contribution in [1.29, 1.82) is 0 Å². The Morgan fingerprint density at radius 1 is 1.42 bits per heavy atom. The van der Waals surface area contributed by atoms with Gasteiger partial charge in [-0.25, -0.2) is 0 Å². The van der Waals surface area contributed by atoms with Gasteiger partial charge in [0.15, 0.2) is 23.4 Å². The van der Waals surface area contributed by atoms with Crippen molar-refractivity contribution in [3.63, 3.8) is 0 Å². The number of rotatable bonds is 1. The van der Waals surface area contributed by atoms with Crippen LogP contribution in [0.3, 0.4) is 0 Å². The summed E-state index contributed by atoms with van der Waals surface area (Å²) >= 11 is 0. The Labute approximate surface area is 154 Å². The highest BCUT2D eigenvalue weighted by atomic mass is 35.6. The molecule has 4 atom stereocenters. The number of benzene rings is 1. The molecule has 5 rings (SSSR count). The second-order valence-corrected chi connectivity index (χ2v) is 7.89. The van der Waals surface area contributed by atoms with Crippen LogP contribution in [-0.4, -0.2) is 48.2 Å². The van der Waals surface area contributed by atoms with Crippen molar-refractivity contribution in [2.24, 2.45) is 5.92 Å². The zero-order valence-corrected chi connectivity index (χ0v) is 15.5. The van der Waals surface area contributed by atoms with E-state index >= 15 is 0 Å². The van der Waals surface area contributed by atoms with Gasteiger partial charge < -0.3 is 23.7 Å². The second-order valence-electron chi connectivity index (χ2n) is 7.48. The molecule has 1 N–H and O–H groups in total. The van der Waals surface area contributed by atoms with E-state index in [0.29, 0.717) is 18.4 Å². The molecule has 2 aliphatic carbocycles. The van der Waals surface area contributed by atoms with E-state index in [1.54, 1.807) is 7.11 Å². The van der Waals surface area contributed by atoms with Crippen LogP contribution in [0.15, 0.2) is 12.1 Å². The van der Waals surface area contributed by atoms with Crippen molar-refractivity contribution in [3.05, 3.63) is 23.3 Å². The van der Waals surface area contributed by atoms with Crippen LogP contribution in [0.5, 0.6) is 11.5 Å². The number of carbonyl (C=O) groups excluding carboxylic acids is 1. The van der Waals surface area contributed by atoms with Gasteiger partial charge in [-0.3, -0.25) is 4.79 Å². The number of hydrogen-bond donors (Lipinski definition) is 1. The molecule has 8 heteroatoms. The molecule has 0 unspecified atom stereocenters. The molecule has 1 spiro atoms. The summed E-state index contributed by atoms with van der Waals surface area (Å²) in [6, 6.07) is 4.73. The standard InChI is InChI=1S/C18H21NO3.ClHO3/c1-19-8-7-18-11-4-5-13(20)17(18)22-16-14(21-2)6-3-10(15(16)18)9-12(11)19;2-1(3)4/h3,6,11-12,17H,4-5,7-9H2,1-2H3;2H/t11-,12+,17-,18-;/m0./s1. The highest BCUT2D eigenvalue weighted by Crippen LogP contribution is 2.62. The van der Waals surface area contributed by atoms with Gasteiger partial charge in [0, 0.05) is 28.1 Å². The minimum atomic E-state index is -2.60. The first-order valence-corrected chi connectivity index (χ1v) is 9.70. The number of ketones is 1. The molecular formula is C18H22ClNO6. The quantitative estimate of drug-likeness (QED) is 0.663. The van der Waals surface area contributed by atoms with Gasteiger partial charge in [-0.05, 0) is 50.4 Å². The Bertz CT molecular complexity index is 738. The highest BCUT2D eigenvalue weighted by molar-refractivity contribution is 5.89. The average molecular weight is 384 g/mol. The van der Waals surface area contributed by atoms with E-state index in [2.05, 4.69) is 18.0 Å². The molecular weight excluding hydrogens is 362 g/mol. The minimum Gasteiger partial charge on any atom is -0.493 e. The molecule has 2 fully saturated rings. The Balaban J connectivity index is 0.000000385. The molecule has 2 aliphatic heterocycles. The number of likely N-dealkylation sites (tertiary alicyclic amines) is 1. The predicted molar refractivity (Wildman–Crippen MR) is 83.8 cm³/mol. The zero-order chi connectivity index (χ0) is 18.6. The average Bonchev–Trinajstić information content (AvgIpc) is 2.94. The fourth-order valence-corrected chi connectivity index (χ4v) is 5.67. The summed E-state index contributed by atoms with van der Waals surface area (Å²) in [6.07, 6.45) is 3.47. The van der Waals surface area contributed by atoms with Crippen LogP contribution in [0, 0.1) is 16.7 Å². The van der Waals surface area contributed by atoms with Gasteiger partial charge >= 0.3 is 0 Å². The number of hydrogen-bond acceptors (Lipinski definition) is 7. The van der Waals surface area contributed by atoms with Crippen LogP contribution in [0.4, 0.5) is 0 Å². The maximum absolute atomic E-state index is 12.6. The molecule has 0 aromatic heterocycles. The number of halogens is 1. The van der Waals surface area contributed by atoms with E-state index in [1.165, 1.54) is 11.1 Å². The van der Waals surface area contributed by atoms with Crippen molar-refractivity contribution < 1.29 is 39.0 Å². The van der Waals surface area contributed by atoms with Crippen molar-refractivity contribution in [3.8, 4) is 11.5 Å². The topological polar surface area (TPSA) is 105 Å². The van der Waals surface area contributed by atoms with Crippen molar-refractivity contribution in [2.45, 2.75) is 43.2 Å². The van der Waals surface area contributed by atoms with Crippen LogP contribution in [0.1, 0.15) is 30.4 Å². The highest BCUT2D eigenvalue weighted by Gasteiger charge is 2.65. The largest absolute Gasteiger partial charge is 0.493 e. The Kier molecular flexibility index (Phi) is 4.40. The first kappa shape index (κ1) is 18.0. The number of piperidine rings is 1. The van der Waals surface area contributed by atoms with E-state index in [4.69, 9.17) is 23.5 Å². The summed E-state index contributed by atoms with van der Waals surface area (Å²) in [5.74, 6) is 2.46. The minimum absolute atomic E-state index is 0.0933. The lowest BCUT2D eigenvalue weighted by molar-refractivity contribution is -1.63. The van der Waals surface area contributed by atoms with Gasteiger partial charge in [0.1, 0.15) is 0 Å². The Morgan fingerprint density at radius 3 is 2.85 bits per heavy atom. The second kappa shape index (κ2) is 6.35. The molecule has 1 saturated heterocycles. The van der Waals surface area contributed by atoms with E-state index < -0.39 is 10.8 Å². The number of nitrogens with zero attached hydrogens (tertiary/aromatic N) is 1.